The quantitative estimate of drug-likeness (QED) is 0.374. The van der Waals surface area contributed by atoms with E-state index in [1.807, 2.05) is 0 Å². The maximum atomic E-state index is 5.99. The molecule has 3 heteroatoms. The van der Waals surface area contributed by atoms with Crippen molar-refractivity contribution >= 4 is 44.9 Å². The first-order chi connectivity index (χ1) is 11.5. The third-order valence-corrected chi connectivity index (χ3v) is 4.96. The Balaban J connectivity index is 1.65. The second-order valence-corrected chi connectivity index (χ2v) is 7.85. The zero-order valence-electron chi connectivity index (χ0n) is 14.2. The van der Waals surface area contributed by atoms with E-state index in [9.17, 15) is 0 Å². The lowest BCUT2D eigenvalue weighted by molar-refractivity contribution is -0.167. The molecule has 0 aliphatic carbocycles. The van der Waals surface area contributed by atoms with Crippen LogP contribution in [0, 0.1) is 5.41 Å². The predicted molar refractivity (Wildman–Crippen MR) is 101 cm³/mol. The number of benzene rings is 4. The summed E-state index contributed by atoms with van der Waals surface area (Å²) in [6, 6.07) is 19.7. The molecule has 1 saturated heterocycles. The van der Waals surface area contributed by atoms with Crippen molar-refractivity contribution in [2.24, 2.45) is 5.41 Å². The molecule has 0 atom stereocenters. The van der Waals surface area contributed by atoms with Gasteiger partial charge < -0.3 is 9.31 Å². The molecule has 24 heavy (non-hydrogen) atoms. The molecule has 0 N–H and O–H groups in total. The topological polar surface area (TPSA) is 18.5 Å². The lowest BCUT2D eigenvalue weighted by Gasteiger charge is -2.42. The van der Waals surface area contributed by atoms with E-state index < -0.39 is 0 Å². The Kier molecular flexibility index (Phi) is 2.80. The van der Waals surface area contributed by atoms with Crippen LogP contribution in [0.4, 0.5) is 0 Å². The van der Waals surface area contributed by atoms with Crippen LogP contribution in [-0.4, -0.2) is 13.4 Å². The molecular weight excluding hydrogens is 295 g/mol. The Morgan fingerprint density at radius 1 is 0.750 bits per heavy atom. The van der Waals surface area contributed by atoms with Gasteiger partial charge in [0.25, 0.3) is 0 Å². The van der Waals surface area contributed by atoms with Crippen molar-refractivity contribution in [2.45, 2.75) is 27.1 Å². The zero-order chi connectivity index (χ0) is 16.5. The highest BCUT2D eigenvalue weighted by Crippen LogP contribution is 2.35. The first kappa shape index (κ1) is 14.3. The molecule has 118 valence electrons. The lowest BCUT2D eigenvalue weighted by Crippen LogP contribution is -2.57. The van der Waals surface area contributed by atoms with Crippen molar-refractivity contribution in [1.82, 2.24) is 0 Å². The summed E-state index contributed by atoms with van der Waals surface area (Å²) in [5.41, 5.74) is 1.11. The molecule has 1 aliphatic rings. The summed E-state index contributed by atoms with van der Waals surface area (Å²) < 4.78 is 12.0. The lowest BCUT2D eigenvalue weighted by atomic mass is 9.72. The first-order valence-electron chi connectivity index (χ1n) is 8.49. The van der Waals surface area contributed by atoms with Crippen LogP contribution in [0.15, 0.2) is 54.6 Å². The fraction of sp³-hybridized carbons (Fsp3) is 0.238. The van der Waals surface area contributed by atoms with Crippen LogP contribution in [-0.2, 0) is 9.31 Å². The van der Waals surface area contributed by atoms with E-state index in [1.165, 1.54) is 32.3 Å². The van der Waals surface area contributed by atoms with Gasteiger partial charge in [-0.1, -0.05) is 75.4 Å². The first-order valence-corrected chi connectivity index (χ1v) is 8.49. The van der Waals surface area contributed by atoms with Crippen molar-refractivity contribution in [3.63, 3.8) is 0 Å². The monoisotopic (exact) mass is 314 g/mol. The van der Waals surface area contributed by atoms with Crippen molar-refractivity contribution < 1.29 is 9.31 Å². The highest BCUT2D eigenvalue weighted by molar-refractivity contribution is 6.63. The van der Waals surface area contributed by atoms with Crippen LogP contribution in [0.5, 0.6) is 0 Å². The maximum Gasteiger partial charge on any atom is 0.497 e. The van der Waals surface area contributed by atoms with Crippen molar-refractivity contribution in [3.8, 4) is 0 Å². The van der Waals surface area contributed by atoms with Gasteiger partial charge in [0.05, 0.1) is 0 Å². The van der Waals surface area contributed by atoms with Gasteiger partial charge >= 0.3 is 7.12 Å². The summed E-state index contributed by atoms with van der Waals surface area (Å²) in [6.45, 7) is 6.40. The normalized spacial score (nSPS) is 16.4. The van der Waals surface area contributed by atoms with Crippen LogP contribution in [0.1, 0.15) is 20.8 Å². The fourth-order valence-corrected chi connectivity index (χ4v) is 3.71. The molecule has 1 fully saturated rings. The molecule has 0 aromatic heterocycles. The molecule has 0 bridgehead atoms. The summed E-state index contributed by atoms with van der Waals surface area (Å²) in [4.78, 5) is 0. The van der Waals surface area contributed by atoms with E-state index >= 15 is 0 Å². The molecule has 0 radical (unpaired) electrons. The minimum Gasteiger partial charge on any atom is -0.382 e. The van der Waals surface area contributed by atoms with Crippen molar-refractivity contribution in [3.05, 3.63) is 54.6 Å². The molecule has 2 nitrogen and oxygen atoms in total. The Bertz CT molecular complexity index is 994. The summed E-state index contributed by atoms with van der Waals surface area (Å²) in [5.74, 6) is 0. The average Bonchev–Trinajstić information content (AvgIpc) is 2.49. The summed E-state index contributed by atoms with van der Waals surface area (Å²) >= 11 is 0. The summed E-state index contributed by atoms with van der Waals surface area (Å²) in [7, 11) is -0.254. The molecule has 1 heterocycles. The van der Waals surface area contributed by atoms with E-state index in [0.717, 1.165) is 5.46 Å². The highest BCUT2D eigenvalue weighted by Gasteiger charge is 2.44. The van der Waals surface area contributed by atoms with Gasteiger partial charge in [0.2, 0.25) is 0 Å². The molecule has 4 aromatic carbocycles. The van der Waals surface area contributed by atoms with Crippen LogP contribution in [0.2, 0.25) is 0 Å². The van der Waals surface area contributed by atoms with Gasteiger partial charge in [-0.05, 0) is 37.8 Å². The van der Waals surface area contributed by atoms with Gasteiger partial charge in [-0.25, -0.2) is 0 Å². The smallest absolute Gasteiger partial charge is 0.382 e. The van der Waals surface area contributed by atoms with E-state index in [1.54, 1.807) is 0 Å². The molecule has 0 unspecified atom stereocenters. The minimum absolute atomic E-state index is 0.00657. The van der Waals surface area contributed by atoms with E-state index in [2.05, 4.69) is 75.4 Å². The van der Waals surface area contributed by atoms with Gasteiger partial charge in [-0.2, -0.15) is 0 Å². The van der Waals surface area contributed by atoms with Gasteiger partial charge in [-0.15, -0.1) is 0 Å². The highest BCUT2D eigenvalue weighted by atomic mass is 16.8. The molecule has 1 aliphatic heterocycles. The standard InChI is InChI=1S/C21H19BO2/c1-21(2,3)20-23-22(24-20)17-11-15-9-7-13-5-4-6-14-8-10-16(12-17)19(15)18(13)14/h4-12,20H,1-3H3. The van der Waals surface area contributed by atoms with Gasteiger partial charge in [0.1, 0.15) is 6.29 Å². The average molecular weight is 314 g/mol. The Morgan fingerprint density at radius 2 is 1.25 bits per heavy atom. The second kappa shape index (κ2) is 4.72. The summed E-state index contributed by atoms with van der Waals surface area (Å²) in [6.07, 6.45) is -0.131. The molecular formula is C21H19BO2. The maximum absolute atomic E-state index is 5.99. The van der Waals surface area contributed by atoms with Gasteiger partial charge in [-0.3, -0.25) is 0 Å². The number of hydrogen-bond donors (Lipinski definition) is 0. The minimum atomic E-state index is -0.254. The SMILES string of the molecule is CC(C)(C)C1OB(c2cc3ccc4cccc5ccc(c2)c3c45)O1. The molecule has 0 spiro atoms. The second-order valence-electron chi connectivity index (χ2n) is 7.85. The zero-order valence-corrected chi connectivity index (χ0v) is 14.2. The van der Waals surface area contributed by atoms with Crippen LogP contribution >= 0.6 is 0 Å². The van der Waals surface area contributed by atoms with Crippen molar-refractivity contribution in [2.75, 3.05) is 0 Å². The predicted octanol–water partition coefficient (Wildman–Crippen LogP) is 4.70. The third-order valence-electron chi connectivity index (χ3n) is 4.96. The Morgan fingerprint density at radius 3 is 1.79 bits per heavy atom. The summed E-state index contributed by atoms with van der Waals surface area (Å²) in [5, 5.41) is 7.77. The fourth-order valence-electron chi connectivity index (χ4n) is 3.71. The molecule has 0 saturated carbocycles. The largest absolute Gasteiger partial charge is 0.497 e. The van der Waals surface area contributed by atoms with Crippen LogP contribution in [0.25, 0.3) is 32.3 Å². The molecule has 5 rings (SSSR count). The van der Waals surface area contributed by atoms with E-state index in [4.69, 9.17) is 9.31 Å². The Labute approximate surface area is 141 Å². The van der Waals surface area contributed by atoms with Gasteiger partial charge in [0.15, 0.2) is 0 Å². The number of hydrogen-bond acceptors (Lipinski definition) is 2. The van der Waals surface area contributed by atoms with E-state index in [0.29, 0.717) is 0 Å². The van der Waals surface area contributed by atoms with Crippen molar-refractivity contribution in [1.29, 1.82) is 0 Å². The van der Waals surface area contributed by atoms with Crippen LogP contribution in [0.3, 0.4) is 0 Å². The number of rotatable bonds is 1. The molecule has 0 amide bonds. The van der Waals surface area contributed by atoms with Crippen LogP contribution < -0.4 is 5.46 Å². The van der Waals surface area contributed by atoms with Gasteiger partial charge in [0, 0.05) is 5.41 Å². The third kappa shape index (κ3) is 1.98. The van der Waals surface area contributed by atoms with E-state index in [-0.39, 0.29) is 18.8 Å². The molecule has 4 aromatic rings. The Hall–Kier alpha value is -2.10.